The van der Waals surface area contributed by atoms with Crippen LogP contribution in [0.2, 0.25) is 0 Å². The predicted octanol–water partition coefficient (Wildman–Crippen LogP) is 1.93. The molecule has 1 aromatic heterocycles. The van der Waals surface area contributed by atoms with Gasteiger partial charge in [-0.15, -0.1) is 0 Å². The third-order valence-electron chi connectivity index (χ3n) is 1.86. The molecule has 1 aromatic carbocycles. The molecule has 1 heterocycles. The Kier molecular flexibility index (Phi) is 1.62. The van der Waals surface area contributed by atoms with Crippen molar-refractivity contribution in [3.05, 3.63) is 23.7 Å². The molecule has 60 valence electrons. The van der Waals surface area contributed by atoms with Gasteiger partial charge in [-0.05, 0) is 0 Å². The Hall–Kier alpha value is -1.29. The Balaban J connectivity index is 2.81. The Morgan fingerprint density at radius 2 is 2.33 bits per heavy atom. The molecule has 0 saturated heterocycles. The number of rotatable bonds is 1. The van der Waals surface area contributed by atoms with Gasteiger partial charge < -0.3 is 0 Å². The van der Waals surface area contributed by atoms with E-state index in [0.717, 1.165) is 10.8 Å². The van der Waals surface area contributed by atoms with Crippen LogP contribution >= 0.6 is 0 Å². The van der Waals surface area contributed by atoms with Crippen molar-refractivity contribution in [2.24, 2.45) is 0 Å². The summed E-state index contributed by atoms with van der Waals surface area (Å²) in [6.07, 6.45) is 0. The van der Waals surface area contributed by atoms with Crippen LogP contribution in [0, 0.1) is 6.92 Å². The fourth-order valence-corrected chi connectivity index (χ4v) is 1.23. The third kappa shape index (κ3) is 0.922. The van der Waals surface area contributed by atoms with Gasteiger partial charge in [0.25, 0.3) is 0 Å². The van der Waals surface area contributed by atoms with E-state index in [-0.39, 0.29) is 0 Å². The maximum atomic E-state index is 8.48. The monoisotopic (exact) mass is 162 g/mol. The quantitative estimate of drug-likeness (QED) is 0.514. The summed E-state index contributed by atoms with van der Waals surface area (Å²) in [4.78, 5) is 4.15. The zero-order valence-electron chi connectivity index (χ0n) is 6.57. The number of hydrogen-bond donors (Lipinski definition) is 1. The maximum absolute atomic E-state index is 8.48. The Labute approximate surface area is 69.7 Å². The van der Waals surface area contributed by atoms with Crippen molar-refractivity contribution in [3.8, 4) is 5.75 Å². The van der Waals surface area contributed by atoms with Crippen LogP contribution in [0.15, 0.2) is 22.5 Å². The van der Waals surface area contributed by atoms with Gasteiger partial charge >= 0.3 is 68.9 Å². The first-order valence-electron chi connectivity index (χ1n) is 3.61. The summed E-state index contributed by atoms with van der Waals surface area (Å²) in [7, 11) is 1.63. The molecule has 0 fully saturated rings. The summed E-state index contributed by atoms with van der Waals surface area (Å²) in [5.41, 5.74) is 1.61. The van der Waals surface area contributed by atoms with Crippen LogP contribution in [0.25, 0.3) is 11.0 Å². The molecule has 1 N–H and O–H groups in total. The zero-order chi connectivity index (χ0) is 8.55. The van der Waals surface area contributed by atoms with Crippen LogP contribution in [0.3, 0.4) is 0 Å². The molecule has 0 amide bonds. The number of fused-ring (bicyclic) bond motifs is 1. The van der Waals surface area contributed by atoms with Gasteiger partial charge in [0.05, 0.1) is 0 Å². The van der Waals surface area contributed by atoms with E-state index in [1.807, 2.05) is 13.0 Å². The van der Waals surface area contributed by atoms with Gasteiger partial charge in [0, 0.05) is 0 Å². The summed E-state index contributed by atoms with van der Waals surface area (Å²) in [6.45, 7) is 1.94. The molecule has 12 heavy (non-hydrogen) atoms. The van der Waals surface area contributed by atoms with Crippen LogP contribution < -0.4 is 4.89 Å². The Morgan fingerprint density at radius 3 is 3.08 bits per heavy atom. The van der Waals surface area contributed by atoms with Crippen molar-refractivity contribution < 1.29 is 14.5 Å². The fourth-order valence-electron chi connectivity index (χ4n) is 1.23. The fraction of sp³-hybridized carbons (Fsp3) is 0.125. The molecule has 0 unspecified atom stereocenters. The molecular formula is C8H7BO3. The second-order valence-corrected chi connectivity index (χ2v) is 2.64. The van der Waals surface area contributed by atoms with Crippen LogP contribution in [0.5, 0.6) is 5.75 Å². The number of aryl methyl sites for hydroxylation is 1. The van der Waals surface area contributed by atoms with Crippen molar-refractivity contribution in [2.75, 3.05) is 0 Å². The van der Waals surface area contributed by atoms with Crippen molar-refractivity contribution >= 4 is 18.1 Å². The predicted molar refractivity (Wildman–Crippen MR) is 45.6 cm³/mol. The van der Waals surface area contributed by atoms with Crippen molar-refractivity contribution in [2.45, 2.75) is 6.92 Å². The molecule has 0 radical (unpaired) electrons. The summed E-state index contributed by atoms with van der Waals surface area (Å²) < 4.78 is 5.19. The summed E-state index contributed by atoms with van der Waals surface area (Å²) in [5.74, 6) is 0.348. The summed E-state index contributed by atoms with van der Waals surface area (Å²) in [6, 6.07) is 5.36. The first kappa shape index (κ1) is 7.37. The van der Waals surface area contributed by atoms with Gasteiger partial charge in [-0.3, -0.25) is 0 Å². The van der Waals surface area contributed by atoms with Gasteiger partial charge in [0.1, 0.15) is 0 Å². The normalized spacial score (nSPS) is 10.2. The van der Waals surface area contributed by atoms with Crippen LogP contribution in [0.1, 0.15) is 5.46 Å². The van der Waals surface area contributed by atoms with Gasteiger partial charge in [-0.1, -0.05) is 0 Å². The summed E-state index contributed by atoms with van der Waals surface area (Å²) >= 11 is 0. The molecule has 0 spiro atoms. The molecule has 0 aliphatic rings. The average Bonchev–Trinajstić information content (AvgIpc) is 2.48. The first-order valence-corrected chi connectivity index (χ1v) is 3.61. The van der Waals surface area contributed by atoms with Crippen LogP contribution in [-0.4, -0.2) is 12.4 Å². The molecule has 2 aromatic rings. The third-order valence-corrected chi connectivity index (χ3v) is 1.86. The molecule has 0 aliphatic heterocycles. The van der Waals surface area contributed by atoms with E-state index in [1.54, 1.807) is 19.3 Å². The number of benzene rings is 1. The van der Waals surface area contributed by atoms with E-state index >= 15 is 0 Å². The molecule has 0 aliphatic carbocycles. The average molecular weight is 162 g/mol. The van der Waals surface area contributed by atoms with Crippen molar-refractivity contribution in [1.82, 2.24) is 0 Å². The molecular weight excluding hydrogens is 155 g/mol. The van der Waals surface area contributed by atoms with Crippen LogP contribution in [-0.2, 0) is 0 Å². The minimum absolute atomic E-state index is 0.348. The summed E-state index contributed by atoms with van der Waals surface area (Å²) in [5, 5.41) is 9.44. The topological polar surface area (TPSA) is 42.6 Å². The van der Waals surface area contributed by atoms with Crippen molar-refractivity contribution in [1.29, 1.82) is 0 Å². The second-order valence-electron chi connectivity index (χ2n) is 2.64. The molecule has 0 bridgehead atoms. The van der Waals surface area contributed by atoms with Crippen molar-refractivity contribution in [3.63, 3.8) is 0 Å². The van der Waals surface area contributed by atoms with Gasteiger partial charge in [0.15, 0.2) is 0 Å². The molecule has 4 heteroatoms. The van der Waals surface area contributed by atoms with E-state index in [1.165, 1.54) is 0 Å². The van der Waals surface area contributed by atoms with Crippen LogP contribution in [0.4, 0.5) is 0 Å². The zero-order valence-corrected chi connectivity index (χ0v) is 6.57. The SMILES string of the molecule is Cc1boc2c(OO)cccc12. The van der Waals surface area contributed by atoms with Gasteiger partial charge in [-0.25, -0.2) is 0 Å². The standard InChI is InChI=1S/C8H7BO3/c1-5-6-3-2-4-7(12-10)8(6)11-9-5/h2-4,10H,1H3. The number of para-hydroxylation sites is 1. The molecule has 3 nitrogen and oxygen atoms in total. The first-order chi connectivity index (χ1) is 5.83. The molecule has 2 rings (SSSR count). The van der Waals surface area contributed by atoms with E-state index in [0.29, 0.717) is 11.3 Å². The minimum atomic E-state index is 0.348. The van der Waals surface area contributed by atoms with E-state index in [4.69, 9.17) is 9.59 Å². The Bertz CT molecular complexity index is 408. The molecule has 0 atom stereocenters. The van der Waals surface area contributed by atoms with E-state index in [2.05, 4.69) is 4.89 Å². The van der Waals surface area contributed by atoms with Gasteiger partial charge in [-0.2, -0.15) is 0 Å². The Morgan fingerprint density at radius 1 is 1.50 bits per heavy atom. The molecule has 0 saturated carbocycles. The number of hydrogen-bond acceptors (Lipinski definition) is 3. The van der Waals surface area contributed by atoms with E-state index in [9.17, 15) is 0 Å². The van der Waals surface area contributed by atoms with E-state index < -0.39 is 0 Å². The van der Waals surface area contributed by atoms with Gasteiger partial charge in [0.2, 0.25) is 0 Å². The second kappa shape index (κ2) is 2.64.